The van der Waals surface area contributed by atoms with Gasteiger partial charge < -0.3 is 5.32 Å². The van der Waals surface area contributed by atoms with Crippen molar-refractivity contribution >= 4 is 43.6 Å². The first-order valence-electron chi connectivity index (χ1n) is 5.36. The van der Waals surface area contributed by atoms with E-state index in [0.717, 1.165) is 10.0 Å². The van der Waals surface area contributed by atoms with E-state index in [1.54, 1.807) is 12.3 Å². The average Bonchev–Trinajstić information content (AvgIpc) is 2.33. The molecule has 1 heterocycles. The molecule has 0 saturated carbocycles. The Morgan fingerprint density at radius 2 is 2.00 bits per heavy atom. The first kappa shape index (κ1) is 14.1. The molecule has 0 unspecified atom stereocenters. The number of pyridine rings is 1. The van der Waals surface area contributed by atoms with Gasteiger partial charge in [0.1, 0.15) is 11.6 Å². The van der Waals surface area contributed by atoms with Gasteiger partial charge in [0.2, 0.25) is 0 Å². The highest BCUT2D eigenvalue weighted by Crippen LogP contribution is 2.21. The van der Waals surface area contributed by atoms with Gasteiger partial charge in [-0.15, -0.1) is 0 Å². The fourth-order valence-corrected chi connectivity index (χ4v) is 2.21. The van der Waals surface area contributed by atoms with E-state index in [1.165, 1.54) is 18.2 Å². The summed E-state index contributed by atoms with van der Waals surface area (Å²) in [6.07, 6.45) is 1.62. The number of hydrogen-bond donors (Lipinski definition) is 1. The van der Waals surface area contributed by atoms with E-state index in [-0.39, 0.29) is 5.91 Å². The van der Waals surface area contributed by atoms with Crippen molar-refractivity contribution in [2.75, 3.05) is 5.32 Å². The fourth-order valence-electron chi connectivity index (χ4n) is 1.46. The Balaban J connectivity index is 2.23. The summed E-state index contributed by atoms with van der Waals surface area (Å²) in [6.45, 7) is 1.90. The molecule has 0 aliphatic heterocycles. The Hall–Kier alpha value is -1.27. The average molecular weight is 388 g/mol. The molecule has 0 fully saturated rings. The summed E-state index contributed by atoms with van der Waals surface area (Å²) in [5.41, 5.74) is 1.31. The van der Waals surface area contributed by atoms with Crippen LogP contribution in [0.25, 0.3) is 0 Å². The van der Waals surface area contributed by atoms with Crippen LogP contribution in [0.1, 0.15) is 15.9 Å². The quantitative estimate of drug-likeness (QED) is 0.834. The van der Waals surface area contributed by atoms with E-state index in [0.29, 0.717) is 15.9 Å². The fraction of sp³-hybridized carbons (Fsp3) is 0.0769. The molecule has 19 heavy (non-hydrogen) atoms. The molecule has 0 atom stereocenters. The number of nitrogens with zero attached hydrogens (tertiary/aromatic N) is 1. The van der Waals surface area contributed by atoms with Crippen molar-refractivity contribution in [1.29, 1.82) is 0 Å². The van der Waals surface area contributed by atoms with Crippen molar-refractivity contribution < 1.29 is 9.18 Å². The molecule has 1 N–H and O–H groups in total. The molecular formula is C13H9Br2FN2O. The number of nitrogens with one attached hydrogen (secondary N) is 1. The first-order chi connectivity index (χ1) is 8.97. The molecule has 2 rings (SSSR count). The van der Waals surface area contributed by atoms with E-state index >= 15 is 0 Å². The van der Waals surface area contributed by atoms with Gasteiger partial charge in [-0.25, -0.2) is 9.37 Å². The predicted octanol–water partition coefficient (Wildman–Crippen LogP) is 4.31. The van der Waals surface area contributed by atoms with Gasteiger partial charge in [0, 0.05) is 15.1 Å². The maximum Gasteiger partial charge on any atom is 0.257 e. The van der Waals surface area contributed by atoms with E-state index in [9.17, 15) is 9.18 Å². The van der Waals surface area contributed by atoms with E-state index < -0.39 is 5.82 Å². The van der Waals surface area contributed by atoms with Gasteiger partial charge in [-0.05, 0) is 68.6 Å². The third-order valence-electron chi connectivity index (χ3n) is 2.46. The maximum atomic E-state index is 13.0. The van der Waals surface area contributed by atoms with Crippen LogP contribution in [0.4, 0.5) is 10.2 Å². The summed E-state index contributed by atoms with van der Waals surface area (Å²) < 4.78 is 14.2. The molecule has 0 bridgehead atoms. The van der Waals surface area contributed by atoms with E-state index in [2.05, 4.69) is 42.2 Å². The third kappa shape index (κ3) is 3.39. The minimum Gasteiger partial charge on any atom is -0.307 e. The van der Waals surface area contributed by atoms with Gasteiger partial charge in [0.25, 0.3) is 5.91 Å². The number of hydrogen-bond acceptors (Lipinski definition) is 2. The molecule has 2 aromatic rings. The molecule has 0 aliphatic rings. The van der Waals surface area contributed by atoms with Crippen molar-refractivity contribution in [3.05, 3.63) is 56.4 Å². The van der Waals surface area contributed by atoms with Gasteiger partial charge in [-0.1, -0.05) is 0 Å². The van der Waals surface area contributed by atoms with Gasteiger partial charge in [-0.2, -0.15) is 0 Å². The predicted molar refractivity (Wildman–Crippen MR) is 78.7 cm³/mol. The first-order valence-corrected chi connectivity index (χ1v) is 6.94. The summed E-state index contributed by atoms with van der Waals surface area (Å²) in [5, 5.41) is 2.66. The second-order valence-corrected chi connectivity index (χ2v) is 5.61. The zero-order valence-electron chi connectivity index (χ0n) is 9.88. The topological polar surface area (TPSA) is 42.0 Å². The number of carbonyl (C=O) groups is 1. The summed E-state index contributed by atoms with van der Waals surface area (Å²) >= 11 is 6.49. The van der Waals surface area contributed by atoms with Crippen LogP contribution in [0.3, 0.4) is 0 Å². The third-order valence-corrected chi connectivity index (χ3v) is 3.95. The van der Waals surface area contributed by atoms with Gasteiger partial charge in [0.05, 0.1) is 5.56 Å². The van der Waals surface area contributed by atoms with E-state index in [4.69, 9.17) is 0 Å². The second kappa shape index (κ2) is 5.79. The lowest BCUT2D eigenvalue weighted by Gasteiger charge is -2.07. The molecule has 0 aliphatic carbocycles. The number of carbonyl (C=O) groups excluding carboxylic acids is 1. The zero-order chi connectivity index (χ0) is 14.0. The second-order valence-electron chi connectivity index (χ2n) is 3.90. The monoisotopic (exact) mass is 386 g/mol. The van der Waals surface area contributed by atoms with Crippen LogP contribution in [0.5, 0.6) is 0 Å². The van der Waals surface area contributed by atoms with Gasteiger partial charge >= 0.3 is 0 Å². The minimum atomic E-state index is -0.402. The summed E-state index contributed by atoms with van der Waals surface area (Å²) in [7, 11) is 0. The molecule has 1 amide bonds. The van der Waals surface area contributed by atoms with Crippen molar-refractivity contribution in [2.45, 2.75) is 6.92 Å². The molecule has 0 radical (unpaired) electrons. The number of amides is 1. The van der Waals surface area contributed by atoms with Crippen LogP contribution >= 0.6 is 31.9 Å². The lowest BCUT2D eigenvalue weighted by Crippen LogP contribution is -2.13. The summed E-state index contributed by atoms with van der Waals surface area (Å²) in [5.74, 6) is -0.302. The lowest BCUT2D eigenvalue weighted by molar-refractivity contribution is 0.102. The van der Waals surface area contributed by atoms with Gasteiger partial charge in [-0.3, -0.25) is 4.79 Å². The van der Waals surface area contributed by atoms with Gasteiger partial charge in [0.15, 0.2) is 0 Å². The standard InChI is InChI=1S/C13H9Br2FN2O/c1-7-4-12(17-6-11(7)15)18-13(19)9-3-2-8(16)5-10(9)14/h2-6H,1H3,(H,17,18,19). The Labute approximate surface area is 126 Å². The van der Waals surface area contributed by atoms with Crippen LogP contribution in [0, 0.1) is 12.7 Å². The Morgan fingerprint density at radius 3 is 2.63 bits per heavy atom. The normalized spacial score (nSPS) is 10.3. The van der Waals surface area contributed by atoms with Crippen LogP contribution in [0.2, 0.25) is 0 Å². The van der Waals surface area contributed by atoms with Crippen molar-refractivity contribution in [1.82, 2.24) is 4.98 Å². The summed E-state index contributed by atoms with van der Waals surface area (Å²) in [4.78, 5) is 16.1. The molecule has 0 spiro atoms. The largest absolute Gasteiger partial charge is 0.307 e. The van der Waals surface area contributed by atoms with Crippen LogP contribution in [-0.2, 0) is 0 Å². The molecule has 1 aromatic carbocycles. The molecule has 3 nitrogen and oxygen atoms in total. The van der Waals surface area contributed by atoms with Crippen molar-refractivity contribution in [3.8, 4) is 0 Å². The SMILES string of the molecule is Cc1cc(NC(=O)c2ccc(F)cc2Br)ncc1Br. The van der Waals surface area contributed by atoms with Crippen LogP contribution < -0.4 is 5.32 Å². The Kier molecular flexibility index (Phi) is 4.31. The van der Waals surface area contributed by atoms with Crippen molar-refractivity contribution in [3.63, 3.8) is 0 Å². The number of halogens is 3. The van der Waals surface area contributed by atoms with E-state index in [1.807, 2.05) is 6.92 Å². The van der Waals surface area contributed by atoms with Crippen molar-refractivity contribution in [2.24, 2.45) is 0 Å². The highest BCUT2D eigenvalue weighted by Gasteiger charge is 2.12. The maximum absolute atomic E-state index is 13.0. The molecule has 1 aromatic heterocycles. The Bertz CT molecular complexity index is 647. The number of aromatic nitrogens is 1. The number of aryl methyl sites for hydroxylation is 1. The number of rotatable bonds is 2. The van der Waals surface area contributed by atoms with Crippen LogP contribution in [0.15, 0.2) is 39.4 Å². The minimum absolute atomic E-state index is 0.346. The van der Waals surface area contributed by atoms with Crippen LogP contribution in [-0.4, -0.2) is 10.9 Å². The lowest BCUT2D eigenvalue weighted by atomic mass is 10.2. The molecule has 98 valence electrons. The zero-order valence-corrected chi connectivity index (χ0v) is 13.0. The smallest absolute Gasteiger partial charge is 0.257 e. The Morgan fingerprint density at radius 1 is 1.26 bits per heavy atom. The number of anilines is 1. The molecule has 6 heteroatoms. The summed E-state index contributed by atoms with van der Waals surface area (Å²) in [6, 6.07) is 5.65. The molecular weight excluding hydrogens is 379 g/mol. The highest BCUT2D eigenvalue weighted by molar-refractivity contribution is 9.10. The number of benzene rings is 1. The molecule has 0 saturated heterocycles. The highest BCUT2D eigenvalue weighted by atomic mass is 79.9.